The Morgan fingerprint density at radius 3 is 2.75 bits per heavy atom. The van der Waals surface area contributed by atoms with E-state index in [2.05, 4.69) is 20.4 Å². The van der Waals surface area contributed by atoms with Gasteiger partial charge in [-0.05, 0) is 18.4 Å². The van der Waals surface area contributed by atoms with Gasteiger partial charge in [-0.1, -0.05) is 30.0 Å². The van der Waals surface area contributed by atoms with Gasteiger partial charge in [0.25, 0.3) is 0 Å². The number of thioether (sulfide) groups is 1. The number of aromatic nitrogens is 4. The lowest BCUT2D eigenvalue weighted by atomic mass is 10.3. The van der Waals surface area contributed by atoms with Crippen LogP contribution in [0.3, 0.4) is 0 Å². The first-order valence-electron chi connectivity index (χ1n) is 5.89. The fourth-order valence-corrected chi connectivity index (χ4v) is 2.14. The molecule has 20 heavy (non-hydrogen) atoms. The van der Waals surface area contributed by atoms with E-state index in [1.165, 1.54) is 22.5 Å². The molecule has 0 spiro atoms. The number of para-hydroxylation sites is 1. The van der Waals surface area contributed by atoms with Crippen LogP contribution in [-0.2, 0) is 0 Å². The third kappa shape index (κ3) is 2.23. The van der Waals surface area contributed by atoms with Gasteiger partial charge in [0.15, 0.2) is 17.1 Å². The first-order chi connectivity index (χ1) is 9.81. The summed E-state index contributed by atoms with van der Waals surface area (Å²) < 4.78 is 1.52. The molecule has 0 saturated heterocycles. The molecule has 0 aliphatic rings. The van der Waals surface area contributed by atoms with Gasteiger partial charge in [-0.25, -0.2) is 4.98 Å². The van der Waals surface area contributed by atoms with E-state index in [4.69, 9.17) is 0 Å². The summed E-state index contributed by atoms with van der Waals surface area (Å²) >= 11 is 1.41. The second-order valence-corrected chi connectivity index (χ2v) is 4.75. The van der Waals surface area contributed by atoms with Gasteiger partial charge in [0.1, 0.15) is 0 Å². The number of benzene rings is 1. The zero-order chi connectivity index (χ0) is 13.9. The number of hydrogen-bond donors (Lipinski definition) is 1. The van der Waals surface area contributed by atoms with E-state index in [0.717, 1.165) is 12.0 Å². The molecule has 1 N–H and O–H groups in total. The van der Waals surface area contributed by atoms with Crippen LogP contribution in [0.5, 0.6) is 0 Å². The number of anilines is 2. The highest BCUT2D eigenvalue weighted by atomic mass is 32.2. The molecule has 0 saturated carbocycles. The van der Waals surface area contributed by atoms with Gasteiger partial charge in [-0.3, -0.25) is 4.79 Å². The molecule has 0 radical (unpaired) electrons. The Labute approximate surface area is 119 Å². The van der Waals surface area contributed by atoms with Crippen molar-refractivity contribution in [2.45, 2.75) is 5.16 Å². The predicted octanol–water partition coefficient (Wildman–Crippen LogP) is 2.40. The van der Waals surface area contributed by atoms with Crippen molar-refractivity contribution in [2.24, 2.45) is 0 Å². The predicted molar refractivity (Wildman–Crippen MR) is 77.7 cm³/mol. The number of hydrogen-bond acceptors (Lipinski definition) is 6. The number of carbonyl (C=O) groups excluding carboxylic acids is 1. The van der Waals surface area contributed by atoms with Crippen LogP contribution in [0.15, 0.2) is 41.7 Å². The van der Waals surface area contributed by atoms with Crippen molar-refractivity contribution in [2.75, 3.05) is 11.6 Å². The number of carbonyl (C=O) groups is 1. The minimum absolute atomic E-state index is 0.443. The topological polar surface area (TPSA) is 72.2 Å². The molecule has 0 unspecified atom stereocenters. The Bertz CT molecular complexity index is 756. The van der Waals surface area contributed by atoms with E-state index in [-0.39, 0.29) is 0 Å². The largest absolute Gasteiger partial charge is 0.324 e. The Hall–Kier alpha value is -2.41. The van der Waals surface area contributed by atoms with Gasteiger partial charge in [0.2, 0.25) is 5.95 Å². The lowest BCUT2D eigenvalue weighted by Gasteiger charge is -2.08. The second-order valence-electron chi connectivity index (χ2n) is 3.98. The van der Waals surface area contributed by atoms with Crippen LogP contribution in [0.2, 0.25) is 0 Å². The fourth-order valence-electron chi connectivity index (χ4n) is 1.78. The van der Waals surface area contributed by atoms with Crippen molar-refractivity contribution in [3.8, 4) is 0 Å². The molecule has 0 aliphatic heterocycles. The minimum Gasteiger partial charge on any atom is -0.324 e. The molecule has 0 amide bonds. The first kappa shape index (κ1) is 12.6. The third-order valence-electron chi connectivity index (χ3n) is 2.71. The standard InChI is InChI=1S/C13H11N5OS/c1-20-13-16-11-9(8-19)7-14-18(11)12(17-13)15-10-5-3-2-4-6-10/h2-8H,1H3,(H,15,16,17). The van der Waals surface area contributed by atoms with Gasteiger partial charge in [-0.15, -0.1) is 0 Å². The molecule has 0 bridgehead atoms. The maximum atomic E-state index is 11.0. The van der Waals surface area contributed by atoms with Crippen LogP contribution in [0, 0.1) is 0 Å². The van der Waals surface area contributed by atoms with Crippen LogP contribution in [0.1, 0.15) is 10.4 Å². The molecule has 2 heterocycles. The molecule has 3 rings (SSSR count). The van der Waals surface area contributed by atoms with E-state index in [1.807, 2.05) is 36.6 Å². The summed E-state index contributed by atoms with van der Waals surface area (Å²) in [5.41, 5.74) is 1.83. The summed E-state index contributed by atoms with van der Waals surface area (Å²) in [6, 6.07) is 9.65. The maximum absolute atomic E-state index is 11.0. The molecule has 7 heteroatoms. The summed E-state index contributed by atoms with van der Waals surface area (Å²) in [6.07, 6.45) is 4.11. The van der Waals surface area contributed by atoms with Crippen molar-refractivity contribution in [1.29, 1.82) is 0 Å². The van der Waals surface area contributed by atoms with E-state index in [0.29, 0.717) is 22.3 Å². The second kappa shape index (κ2) is 5.30. The zero-order valence-electron chi connectivity index (χ0n) is 10.6. The first-order valence-corrected chi connectivity index (χ1v) is 7.11. The van der Waals surface area contributed by atoms with Crippen molar-refractivity contribution >= 4 is 35.3 Å². The van der Waals surface area contributed by atoms with Crippen molar-refractivity contribution in [3.05, 3.63) is 42.1 Å². The number of rotatable bonds is 4. The highest BCUT2D eigenvalue weighted by Gasteiger charge is 2.12. The quantitative estimate of drug-likeness (QED) is 0.586. The third-order valence-corrected chi connectivity index (χ3v) is 3.26. The number of aldehydes is 1. The number of fused-ring (bicyclic) bond motifs is 1. The summed E-state index contributed by atoms with van der Waals surface area (Å²) in [4.78, 5) is 19.7. The number of nitrogens with zero attached hydrogens (tertiary/aromatic N) is 4. The Morgan fingerprint density at radius 2 is 2.05 bits per heavy atom. The van der Waals surface area contributed by atoms with E-state index < -0.39 is 0 Å². The van der Waals surface area contributed by atoms with Crippen molar-refractivity contribution in [1.82, 2.24) is 19.6 Å². The van der Waals surface area contributed by atoms with Gasteiger partial charge >= 0.3 is 0 Å². The fraction of sp³-hybridized carbons (Fsp3) is 0.0769. The number of nitrogens with one attached hydrogen (secondary N) is 1. The van der Waals surface area contributed by atoms with Crippen molar-refractivity contribution < 1.29 is 4.79 Å². The summed E-state index contributed by atoms with van der Waals surface area (Å²) in [7, 11) is 0. The maximum Gasteiger partial charge on any atom is 0.232 e. The molecule has 0 atom stereocenters. The van der Waals surface area contributed by atoms with Crippen LogP contribution in [-0.4, -0.2) is 32.1 Å². The molecule has 3 aromatic rings. The van der Waals surface area contributed by atoms with E-state index in [1.54, 1.807) is 0 Å². The highest BCUT2D eigenvalue weighted by Crippen LogP contribution is 2.20. The van der Waals surface area contributed by atoms with Crippen LogP contribution in [0.4, 0.5) is 11.6 Å². The molecule has 1 aromatic carbocycles. The molecule has 0 aliphatic carbocycles. The zero-order valence-corrected chi connectivity index (χ0v) is 11.5. The average molecular weight is 285 g/mol. The smallest absolute Gasteiger partial charge is 0.232 e. The summed E-state index contributed by atoms with van der Waals surface area (Å²) in [5.74, 6) is 0.527. The molecular weight excluding hydrogens is 274 g/mol. The van der Waals surface area contributed by atoms with Crippen LogP contribution in [0.25, 0.3) is 5.65 Å². The van der Waals surface area contributed by atoms with Gasteiger partial charge in [0, 0.05) is 5.69 Å². The van der Waals surface area contributed by atoms with Crippen molar-refractivity contribution in [3.63, 3.8) is 0 Å². The molecule has 100 valence electrons. The van der Waals surface area contributed by atoms with Gasteiger partial charge < -0.3 is 5.32 Å². The molecule has 0 fully saturated rings. The van der Waals surface area contributed by atoms with Crippen LogP contribution >= 0.6 is 11.8 Å². The van der Waals surface area contributed by atoms with E-state index >= 15 is 0 Å². The summed E-state index contributed by atoms with van der Waals surface area (Å²) in [6.45, 7) is 0. The molecule has 6 nitrogen and oxygen atoms in total. The lowest BCUT2D eigenvalue weighted by Crippen LogP contribution is -2.05. The molecular formula is C13H11N5OS. The molecule has 2 aromatic heterocycles. The van der Waals surface area contributed by atoms with E-state index in [9.17, 15) is 4.79 Å². The Balaban J connectivity index is 2.13. The Morgan fingerprint density at radius 1 is 1.25 bits per heavy atom. The van der Waals surface area contributed by atoms with Crippen LogP contribution < -0.4 is 5.32 Å². The monoisotopic (exact) mass is 285 g/mol. The minimum atomic E-state index is 0.443. The lowest BCUT2D eigenvalue weighted by molar-refractivity contribution is 0.112. The Kier molecular flexibility index (Phi) is 3.34. The summed E-state index contributed by atoms with van der Waals surface area (Å²) in [5, 5.41) is 7.91. The SMILES string of the molecule is CSc1nc(Nc2ccccc2)n2ncc(C=O)c2n1. The highest BCUT2D eigenvalue weighted by molar-refractivity contribution is 7.98. The average Bonchev–Trinajstić information content (AvgIpc) is 2.91. The van der Waals surface area contributed by atoms with Gasteiger partial charge in [0.05, 0.1) is 11.8 Å². The normalized spacial score (nSPS) is 10.7. The van der Waals surface area contributed by atoms with Gasteiger partial charge in [-0.2, -0.15) is 14.6 Å².